The molecule has 0 aliphatic heterocycles. The van der Waals surface area contributed by atoms with Gasteiger partial charge in [0.05, 0.1) is 16.1 Å². The lowest BCUT2D eigenvalue weighted by Gasteiger charge is -2.05. The molecular weight excluding hydrogens is 278 g/mol. The number of hydrogen-bond acceptors (Lipinski definition) is 6. The van der Waals surface area contributed by atoms with Crippen LogP contribution in [-0.2, 0) is 4.74 Å². The van der Waals surface area contributed by atoms with E-state index in [9.17, 15) is 9.59 Å². The van der Waals surface area contributed by atoms with E-state index in [-0.39, 0.29) is 23.0 Å². The average molecular weight is 299 g/mol. The number of ketones is 1. The summed E-state index contributed by atoms with van der Waals surface area (Å²) in [6.07, 6.45) is 0.778. The van der Waals surface area contributed by atoms with Gasteiger partial charge in [0, 0.05) is 26.2 Å². The molecule has 1 aromatic heterocycles. The molecule has 0 bridgehead atoms. The quantitative estimate of drug-likeness (QED) is 0.500. The SMILES string of the molecule is COCCCNc1sc(C(=O)C(C)C)c(N)c1C(N)=O. The number of Topliss-reactive ketones (excluding diaryl/α,β-unsaturated/α-hetero) is 1. The Balaban J connectivity index is 3.01. The van der Waals surface area contributed by atoms with Gasteiger partial charge in [-0.05, 0) is 6.42 Å². The number of nitrogen functional groups attached to an aromatic ring is 1. The summed E-state index contributed by atoms with van der Waals surface area (Å²) in [4.78, 5) is 24.0. The Kier molecular flexibility index (Phi) is 5.97. The maximum atomic E-state index is 12.1. The van der Waals surface area contributed by atoms with Gasteiger partial charge in [0.2, 0.25) is 0 Å². The number of primary amides is 1. The molecule has 0 saturated carbocycles. The summed E-state index contributed by atoms with van der Waals surface area (Å²) in [6, 6.07) is 0. The third kappa shape index (κ3) is 3.71. The summed E-state index contributed by atoms with van der Waals surface area (Å²) in [7, 11) is 1.62. The lowest BCUT2D eigenvalue weighted by atomic mass is 10.1. The van der Waals surface area contributed by atoms with Crippen molar-refractivity contribution in [2.45, 2.75) is 20.3 Å². The van der Waals surface area contributed by atoms with Crippen molar-refractivity contribution < 1.29 is 14.3 Å². The molecule has 1 aromatic rings. The van der Waals surface area contributed by atoms with Crippen molar-refractivity contribution in [3.63, 3.8) is 0 Å². The third-order valence-electron chi connectivity index (χ3n) is 2.75. The molecule has 112 valence electrons. The minimum Gasteiger partial charge on any atom is -0.397 e. The van der Waals surface area contributed by atoms with Gasteiger partial charge < -0.3 is 21.5 Å². The molecule has 6 nitrogen and oxygen atoms in total. The van der Waals surface area contributed by atoms with Gasteiger partial charge in [-0.15, -0.1) is 11.3 Å². The van der Waals surface area contributed by atoms with Crippen molar-refractivity contribution in [2.24, 2.45) is 11.7 Å². The van der Waals surface area contributed by atoms with Crippen LogP contribution in [0.2, 0.25) is 0 Å². The van der Waals surface area contributed by atoms with Gasteiger partial charge >= 0.3 is 0 Å². The van der Waals surface area contributed by atoms with E-state index in [1.54, 1.807) is 21.0 Å². The second kappa shape index (κ2) is 7.25. The van der Waals surface area contributed by atoms with Gasteiger partial charge in [-0.1, -0.05) is 13.8 Å². The molecule has 7 heteroatoms. The molecule has 0 aliphatic rings. The fourth-order valence-corrected chi connectivity index (χ4v) is 2.92. The van der Waals surface area contributed by atoms with Crippen LogP contribution in [0.15, 0.2) is 0 Å². The average Bonchev–Trinajstić information content (AvgIpc) is 2.70. The van der Waals surface area contributed by atoms with Crippen LogP contribution in [0, 0.1) is 5.92 Å². The number of thiophene rings is 1. The molecule has 0 fully saturated rings. The van der Waals surface area contributed by atoms with E-state index in [1.807, 2.05) is 0 Å². The number of nitrogens with one attached hydrogen (secondary N) is 1. The molecule has 0 atom stereocenters. The Morgan fingerprint density at radius 1 is 1.40 bits per heavy atom. The first-order chi connectivity index (χ1) is 9.40. The van der Waals surface area contributed by atoms with E-state index >= 15 is 0 Å². The molecule has 0 radical (unpaired) electrons. The van der Waals surface area contributed by atoms with E-state index in [2.05, 4.69) is 5.32 Å². The van der Waals surface area contributed by atoms with Crippen LogP contribution >= 0.6 is 11.3 Å². The van der Waals surface area contributed by atoms with Gasteiger partial charge in [-0.2, -0.15) is 0 Å². The number of rotatable bonds is 8. The highest BCUT2D eigenvalue weighted by Gasteiger charge is 2.25. The standard InChI is InChI=1S/C13H21N3O3S/c1-7(2)10(17)11-9(14)8(12(15)18)13(20-11)16-5-4-6-19-3/h7,16H,4-6,14H2,1-3H3,(H2,15,18). The fourth-order valence-electron chi connectivity index (χ4n) is 1.68. The van der Waals surface area contributed by atoms with Crippen molar-refractivity contribution in [3.8, 4) is 0 Å². The van der Waals surface area contributed by atoms with E-state index in [4.69, 9.17) is 16.2 Å². The predicted molar refractivity (Wildman–Crippen MR) is 81.4 cm³/mol. The first kappa shape index (κ1) is 16.5. The number of hydrogen-bond donors (Lipinski definition) is 3. The first-order valence-electron chi connectivity index (χ1n) is 6.39. The van der Waals surface area contributed by atoms with E-state index in [0.717, 1.165) is 6.42 Å². The minimum atomic E-state index is -0.629. The molecule has 0 aromatic carbocycles. The lowest BCUT2D eigenvalue weighted by Crippen LogP contribution is -2.16. The van der Waals surface area contributed by atoms with Crippen LogP contribution in [0.4, 0.5) is 10.7 Å². The minimum absolute atomic E-state index is 0.0834. The smallest absolute Gasteiger partial charge is 0.253 e. The highest BCUT2D eigenvalue weighted by molar-refractivity contribution is 7.19. The van der Waals surface area contributed by atoms with Crippen molar-refractivity contribution >= 4 is 33.7 Å². The number of carbonyl (C=O) groups excluding carboxylic acids is 2. The summed E-state index contributed by atoms with van der Waals surface area (Å²) >= 11 is 1.18. The maximum absolute atomic E-state index is 12.1. The van der Waals surface area contributed by atoms with Gasteiger partial charge in [-0.25, -0.2) is 0 Å². The number of amides is 1. The van der Waals surface area contributed by atoms with Crippen LogP contribution in [-0.4, -0.2) is 32.0 Å². The molecule has 0 saturated heterocycles. The topological polar surface area (TPSA) is 107 Å². The summed E-state index contributed by atoms with van der Waals surface area (Å²) in [5.41, 5.74) is 11.6. The van der Waals surface area contributed by atoms with Crippen molar-refractivity contribution in [1.82, 2.24) is 0 Å². The zero-order valence-electron chi connectivity index (χ0n) is 12.0. The van der Waals surface area contributed by atoms with E-state index in [1.165, 1.54) is 11.3 Å². The predicted octanol–water partition coefficient (Wildman–Crippen LogP) is 1.72. The van der Waals surface area contributed by atoms with Crippen molar-refractivity contribution in [1.29, 1.82) is 0 Å². The molecular formula is C13H21N3O3S. The molecule has 0 spiro atoms. The Morgan fingerprint density at radius 3 is 2.55 bits per heavy atom. The molecule has 20 heavy (non-hydrogen) atoms. The van der Waals surface area contributed by atoms with E-state index < -0.39 is 5.91 Å². The Morgan fingerprint density at radius 2 is 2.05 bits per heavy atom. The Hall–Kier alpha value is -1.60. The van der Waals surface area contributed by atoms with Gasteiger partial charge in [0.1, 0.15) is 5.00 Å². The number of carbonyl (C=O) groups is 2. The molecule has 1 amide bonds. The monoisotopic (exact) mass is 299 g/mol. The first-order valence-corrected chi connectivity index (χ1v) is 7.20. The van der Waals surface area contributed by atoms with Crippen LogP contribution in [0.1, 0.15) is 40.3 Å². The molecule has 0 aliphatic carbocycles. The van der Waals surface area contributed by atoms with E-state index in [0.29, 0.717) is 23.0 Å². The number of methoxy groups -OCH3 is 1. The highest BCUT2D eigenvalue weighted by Crippen LogP contribution is 2.36. The van der Waals surface area contributed by atoms with Crippen LogP contribution < -0.4 is 16.8 Å². The molecule has 1 rings (SSSR count). The van der Waals surface area contributed by atoms with Gasteiger partial charge in [-0.3, -0.25) is 9.59 Å². The molecule has 0 unspecified atom stereocenters. The highest BCUT2D eigenvalue weighted by atomic mass is 32.1. The summed E-state index contributed by atoms with van der Waals surface area (Å²) in [6.45, 7) is 4.80. The zero-order valence-corrected chi connectivity index (χ0v) is 12.8. The molecule has 5 N–H and O–H groups in total. The van der Waals surface area contributed by atoms with Crippen molar-refractivity contribution in [3.05, 3.63) is 10.4 Å². The lowest BCUT2D eigenvalue weighted by molar-refractivity contribution is 0.0944. The van der Waals surface area contributed by atoms with Crippen LogP contribution in [0.5, 0.6) is 0 Å². The maximum Gasteiger partial charge on any atom is 0.253 e. The normalized spacial score (nSPS) is 10.8. The third-order valence-corrected chi connectivity index (χ3v) is 3.93. The second-order valence-electron chi connectivity index (χ2n) is 4.71. The Labute approximate surface area is 122 Å². The van der Waals surface area contributed by atoms with Crippen LogP contribution in [0.3, 0.4) is 0 Å². The zero-order chi connectivity index (χ0) is 15.3. The Bertz CT molecular complexity index is 497. The second-order valence-corrected chi connectivity index (χ2v) is 5.73. The van der Waals surface area contributed by atoms with Gasteiger partial charge in [0.15, 0.2) is 5.78 Å². The molecule has 1 heterocycles. The summed E-state index contributed by atoms with van der Waals surface area (Å²) in [5, 5.41) is 3.64. The van der Waals surface area contributed by atoms with Crippen molar-refractivity contribution in [2.75, 3.05) is 31.3 Å². The number of anilines is 2. The fraction of sp³-hybridized carbons (Fsp3) is 0.538. The van der Waals surface area contributed by atoms with Crippen LogP contribution in [0.25, 0.3) is 0 Å². The largest absolute Gasteiger partial charge is 0.397 e. The summed E-state index contributed by atoms with van der Waals surface area (Å²) in [5.74, 6) is -0.895. The number of ether oxygens (including phenoxy) is 1. The van der Waals surface area contributed by atoms with Gasteiger partial charge in [0.25, 0.3) is 5.91 Å². The summed E-state index contributed by atoms with van der Waals surface area (Å²) < 4.78 is 4.95. The number of nitrogens with two attached hydrogens (primary N) is 2.